The highest BCUT2D eigenvalue weighted by Crippen LogP contribution is 2.35. The summed E-state index contributed by atoms with van der Waals surface area (Å²) in [6.45, 7) is 7.08. The first-order valence-electron chi connectivity index (χ1n) is 9.81. The summed E-state index contributed by atoms with van der Waals surface area (Å²) in [6, 6.07) is 9.47. The minimum Gasteiger partial charge on any atom is -0.441 e. The number of oxazole rings is 1. The molecule has 0 bridgehead atoms. The third kappa shape index (κ3) is 5.52. The number of rotatable bonds is 7. The Hall–Kier alpha value is -3.13. The van der Waals surface area contributed by atoms with E-state index in [0.717, 1.165) is 17.4 Å². The summed E-state index contributed by atoms with van der Waals surface area (Å²) in [5.41, 5.74) is 6.73. The predicted molar refractivity (Wildman–Crippen MR) is 123 cm³/mol. The average Bonchev–Trinajstić information content (AvgIpc) is 3.11. The molecule has 1 aromatic heterocycles. The third-order valence-electron chi connectivity index (χ3n) is 4.95. The van der Waals surface area contributed by atoms with Crippen LogP contribution < -0.4 is 11.1 Å². The van der Waals surface area contributed by atoms with E-state index >= 15 is 0 Å². The van der Waals surface area contributed by atoms with Gasteiger partial charge in [-0.05, 0) is 44.6 Å². The van der Waals surface area contributed by atoms with Crippen molar-refractivity contribution in [3.05, 3.63) is 78.1 Å². The van der Waals surface area contributed by atoms with Gasteiger partial charge in [0.05, 0.1) is 17.7 Å². The molecule has 1 aliphatic heterocycles. The number of nitrogens with one attached hydrogen (secondary N) is 1. The molecule has 31 heavy (non-hydrogen) atoms. The molecule has 3 N–H and O–H groups in total. The van der Waals surface area contributed by atoms with Crippen LogP contribution in [0.5, 0.6) is 0 Å². The van der Waals surface area contributed by atoms with Gasteiger partial charge in [0, 0.05) is 23.1 Å². The number of nitrogens with zero attached hydrogens (tertiary/aromatic N) is 2. The molecular formula is C23H25FN4O2S. The van der Waals surface area contributed by atoms with E-state index in [1.54, 1.807) is 6.92 Å². The highest BCUT2D eigenvalue weighted by atomic mass is 32.2. The van der Waals surface area contributed by atoms with Crippen LogP contribution >= 0.6 is 11.8 Å². The standard InChI is InChI=1S/C23H25FN4O2S/c1-4-18(24)17(23(3)11-13-31-22(25)28-23)10-12-26-20(29)14-19-15(2)30-21(27-19)16-8-6-5-7-9-16/h4-10,12H,1,11,13-14H2,2-3H3,(H2,25,28)(H,26,29)/b12-10+,18-17-. The Bertz CT molecular complexity index is 1060. The SMILES string of the molecule is C=C/C(F)=C(\C=C\NC(=O)Cc1nc(-c2ccccc2)oc1C)C1(C)CCSC(N)=N1. The van der Waals surface area contributed by atoms with E-state index in [1.807, 2.05) is 37.3 Å². The molecular weight excluding hydrogens is 415 g/mol. The number of carbonyl (C=O) groups excluding carboxylic acids is 1. The number of allylic oxidation sites excluding steroid dienone is 2. The quantitative estimate of drug-likeness (QED) is 0.621. The molecule has 2 aromatic rings. The smallest absolute Gasteiger partial charge is 0.230 e. The molecule has 3 rings (SSSR count). The molecule has 8 heteroatoms. The number of nitrogens with two attached hydrogens (primary N) is 1. The maximum Gasteiger partial charge on any atom is 0.230 e. The number of halogens is 1. The zero-order valence-corrected chi connectivity index (χ0v) is 18.3. The fourth-order valence-electron chi connectivity index (χ4n) is 3.22. The number of hydrogen-bond donors (Lipinski definition) is 2. The minimum atomic E-state index is -0.817. The molecule has 0 saturated carbocycles. The number of aryl methyl sites for hydroxylation is 1. The van der Waals surface area contributed by atoms with Gasteiger partial charge in [-0.15, -0.1) is 0 Å². The number of amides is 1. The second-order valence-corrected chi connectivity index (χ2v) is 8.37. The summed E-state index contributed by atoms with van der Waals surface area (Å²) in [5.74, 6) is 0.977. The van der Waals surface area contributed by atoms with Gasteiger partial charge < -0.3 is 15.5 Å². The van der Waals surface area contributed by atoms with E-state index < -0.39 is 11.4 Å². The van der Waals surface area contributed by atoms with Crippen molar-refractivity contribution in [1.82, 2.24) is 10.3 Å². The monoisotopic (exact) mass is 440 g/mol. The Morgan fingerprint density at radius 2 is 2.16 bits per heavy atom. The molecule has 1 atom stereocenters. The zero-order valence-electron chi connectivity index (χ0n) is 17.5. The van der Waals surface area contributed by atoms with Gasteiger partial charge >= 0.3 is 0 Å². The second kappa shape index (κ2) is 9.78. The maximum atomic E-state index is 14.5. The minimum absolute atomic E-state index is 0.0362. The molecule has 0 saturated heterocycles. The molecule has 162 valence electrons. The lowest BCUT2D eigenvalue weighted by molar-refractivity contribution is -0.119. The van der Waals surface area contributed by atoms with Crippen LogP contribution in [0.2, 0.25) is 0 Å². The topological polar surface area (TPSA) is 93.5 Å². The molecule has 1 unspecified atom stereocenters. The fourth-order valence-corrected chi connectivity index (χ4v) is 4.20. The number of aromatic nitrogens is 1. The number of carbonyl (C=O) groups is 1. The van der Waals surface area contributed by atoms with Crippen LogP contribution in [-0.2, 0) is 11.2 Å². The highest BCUT2D eigenvalue weighted by Gasteiger charge is 2.32. The number of amidine groups is 1. The van der Waals surface area contributed by atoms with Crippen molar-refractivity contribution in [3.8, 4) is 11.5 Å². The van der Waals surface area contributed by atoms with Crippen LogP contribution in [0.25, 0.3) is 11.5 Å². The first kappa shape index (κ1) is 22.6. The fraction of sp³-hybridized carbons (Fsp3) is 0.261. The van der Waals surface area contributed by atoms with Gasteiger partial charge in [0.2, 0.25) is 11.8 Å². The van der Waals surface area contributed by atoms with Gasteiger partial charge in [-0.25, -0.2) is 9.37 Å². The Labute approximate surface area is 185 Å². The van der Waals surface area contributed by atoms with Crippen LogP contribution in [0.1, 0.15) is 24.8 Å². The van der Waals surface area contributed by atoms with Crippen molar-refractivity contribution < 1.29 is 13.6 Å². The van der Waals surface area contributed by atoms with Crippen molar-refractivity contribution in [2.24, 2.45) is 10.7 Å². The van der Waals surface area contributed by atoms with E-state index in [2.05, 4.69) is 21.9 Å². The Kier molecular flexibility index (Phi) is 7.12. The summed E-state index contributed by atoms with van der Waals surface area (Å²) in [5, 5.41) is 3.08. The van der Waals surface area contributed by atoms with Gasteiger partial charge in [-0.2, -0.15) is 0 Å². The zero-order chi connectivity index (χ0) is 22.4. The molecule has 1 aliphatic rings. The lowest BCUT2D eigenvalue weighted by Crippen LogP contribution is -2.33. The largest absolute Gasteiger partial charge is 0.441 e. The van der Waals surface area contributed by atoms with Crippen molar-refractivity contribution >= 4 is 22.8 Å². The number of benzene rings is 1. The van der Waals surface area contributed by atoms with E-state index in [-0.39, 0.29) is 12.3 Å². The first-order valence-corrected chi connectivity index (χ1v) is 10.8. The normalized spacial score (nSPS) is 19.6. The molecule has 0 radical (unpaired) electrons. The summed E-state index contributed by atoms with van der Waals surface area (Å²) in [7, 11) is 0. The van der Waals surface area contributed by atoms with Crippen molar-refractivity contribution in [2.45, 2.75) is 32.2 Å². The number of aliphatic imine (C=N–C) groups is 1. The molecule has 2 heterocycles. The molecule has 1 aromatic carbocycles. The van der Waals surface area contributed by atoms with Gasteiger partial charge in [0.15, 0.2) is 5.17 Å². The Morgan fingerprint density at radius 1 is 1.42 bits per heavy atom. The van der Waals surface area contributed by atoms with E-state index in [1.165, 1.54) is 24.0 Å². The number of thioether (sulfide) groups is 1. The van der Waals surface area contributed by atoms with Crippen molar-refractivity contribution in [3.63, 3.8) is 0 Å². The van der Waals surface area contributed by atoms with E-state index in [0.29, 0.717) is 34.5 Å². The van der Waals surface area contributed by atoms with Gasteiger partial charge in [-0.1, -0.05) is 36.5 Å². The van der Waals surface area contributed by atoms with Gasteiger partial charge in [0.25, 0.3) is 0 Å². The van der Waals surface area contributed by atoms with Crippen LogP contribution in [0.4, 0.5) is 4.39 Å². The molecule has 0 aliphatic carbocycles. The van der Waals surface area contributed by atoms with Crippen molar-refractivity contribution in [2.75, 3.05) is 5.75 Å². The van der Waals surface area contributed by atoms with E-state index in [9.17, 15) is 9.18 Å². The van der Waals surface area contributed by atoms with Crippen LogP contribution in [0.15, 0.2) is 76.1 Å². The molecule has 0 spiro atoms. The van der Waals surface area contributed by atoms with Crippen molar-refractivity contribution in [1.29, 1.82) is 0 Å². The summed E-state index contributed by atoms with van der Waals surface area (Å²) >= 11 is 1.44. The summed E-state index contributed by atoms with van der Waals surface area (Å²) in [6.07, 6.45) is 4.70. The summed E-state index contributed by atoms with van der Waals surface area (Å²) in [4.78, 5) is 21.3. The predicted octanol–water partition coefficient (Wildman–Crippen LogP) is 4.44. The lowest BCUT2D eigenvalue weighted by Gasteiger charge is -2.30. The van der Waals surface area contributed by atoms with Crippen LogP contribution in [0.3, 0.4) is 0 Å². The van der Waals surface area contributed by atoms with Crippen LogP contribution in [0, 0.1) is 6.92 Å². The van der Waals surface area contributed by atoms with E-state index in [4.69, 9.17) is 10.2 Å². The summed E-state index contributed by atoms with van der Waals surface area (Å²) < 4.78 is 20.2. The molecule has 1 amide bonds. The average molecular weight is 441 g/mol. The number of hydrogen-bond acceptors (Lipinski definition) is 6. The first-order chi connectivity index (χ1) is 14.8. The molecule has 6 nitrogen and oxygen atoms in total. The Balaban J connectivity index is 1.70. The maximum absolute atomic E-state index is 14.5. The third-order valence-corrected chi connectivity index (χ3v) is 5.74. The second-order valence-electron chi connectivity index (χ2n) is 7.25. The van der Waals surface area contributed by atoms with Crippen LogP contribution in [-0.4, -0.2) is 27.4 Å². The van der Waals surface area contributed by atoms with Gasteiger partial charge in [-0.3, -0.25) is 9.79 Å². The lowest BCUT2D eigenvalue weighted by atomic mass is 9.88. The highest BCUT2D eigenvalue weighted by molar-refractivity contribution is 8.13. The van der Waals surface area contributed by atoms with Gasteiger partial charge in [0.1, 0.15) is 11.6 Å². The Morgan fingerprint density at radius 3 is 2.84 bits per heavy atom. The molecule has 0 fully saturated rings.